The number of guanidine groups is 1. The van der Waals surface area contributed by atoms with Crippen LogP contribution in [0.3, 0.4) is 0 Å². The lowest BCUT2D eigenvalue weighted by Crippen LogP contribution is -2.38. The lowest BCUT2D eigenvalue weighted by molar-refractivity contribution is -0.152. The maximum absolute atomic E-state index is 11.5. The number of aliphatic imine (C=N–C) groups is 1. The SMILES string of the molecule is CCNC(=NCC(=O)OC(C)(C)C)NCCCOC.I. The van der Waals surface area contributed by atoms with Crippen molar-refractivity contribution >= 4 is 35.9 Å². The number of methoxy groups -OCH3 is 1. The first kappa shape index (κ1) is 21.7. The molecule has 0 bridgehead atoms. The van der Waals surface area contributed by atoms with Gasteiger partial charge in [-0.3, -0.25) is 4.79 Å². The molecule has 0 rings (SSSR count). The summed E-state index contributed by atoms with van der Waals surface area (Å²) in [6, 6.07) is 0. The molecule has 0 amide bonds. The minimum Gasteiger partial charge on any atom is -0.459 e. The molecule has 0 aromatic rings. The van der Waals surface area contributed by atoms with E-state index in [1.165, 1.54) is 0 Å². The fraction of sp³-hybridized carbons (Fsp3) is 0.846. The van der Waals surface area contributed by atoms with Gasteiger partial charge in [-0.2, -0.15) is 0 Å². The summed E-state index contributed by atoms with van der Waals surface area (Å²) in [5, 5.41) is 6.19. The van der Waals surface area contributed by atoms with Crippen LogP contribution in [-0.4, -0.2) is 50.9 Å². The van der Waals surface area contributed by atoms with Crippen LogP contribution in [-0.2, 0) is 14.3 Å². The average molecular weight is 401 g/mol. The van der Waals surface area contributed by atoms with Crippen LogP contribution in [0.2, 0.25) is 0 Å². The van der Waals surface area contributed by atoms with Crippen molar-refractivity contribution in [3.63, 3.8) is 0 Å². The number of esters is 1. The first-order valence-electron chi connectivity index (χ1n) is 6.62. The topological polar surface area (TPSA) is 72.0 Å². The number of nitrogens with one attached hydrogen (secondary N) is 2. The van der Waals surface area contributed by atoms with Gasteiger partial charge in [0.2, 0.25) is 0 Å². The van der Waals surface area contributed by atoms with Crippen LogP contribution < -0.4 is 10.6 Å². The van der Waals surface area contributed by atoms with Gasteiger partial charge < -0.3 is 20.1 Å². The van der Waals surface area contributed by atoms with Crippen LogP contribution >= 0.6 is 24.0 Å². The third-order valence-corrected chi connectivity index (χ3v) is 1.95. The summed E-state index contributed by atoms with van der Waals surface area (Å²) in [7, 11) is 1.67. The highest BCUT2D eigenvalue weighted by molar-refractivity contribution is 14.0. The molecule has 2 N–H and O–H groups in total. The molecule has 6 nitrogen and oxygen atoms in total. The minimum atomic E-state index is -0.475. The molecule has 0 aromatic carbocycles. The van der Waals surface area contributed by atoms with E-state index in [1.54, 1.807) is 7.11 Å². The van der Waals surface area contributed by atoms with Gasteiger partial charge in [0, 0.05) is 26.8 Å². The molecule has 0 saturated heterocycles. The Morgan fingerprint density at radius 2 is 1.90 bits per heavy atom. The molecule has 7 heteroatoms. The summed E-state index contributed by atoms with van der Waals surface area (Å²) in [6.45, 7) is 9.67. The lowest BCUT2D eigenvalue weighted by Gasteiger charge is -2.19. The number of ether oxygens (including phenoxy) is 2. The predicted molar refractivity (Wildman–Crippen MR) is 91.7 cm³/mol. The molecule has 0 aromatic heterocycles. The highest BCUT2D eigenvalue weighted by Gasteiger charge is 2.15. The van der Waals surface area contributed by atoms with Gasteiger partial charge in [-0.1, -0.05) is 0 Å². The number of carbonyl (C=O) groups excluding carboxylic acids is 1. The summed E-state index contributed by atoms with van der Waals surface area (Å²) in [5.74, 6) is 0.283. The van der Waals surface area contributed by atoms with Gasteiger partial charge >= 0.3 is 5.97 Å². The van der Waals surface area contributed by atoms with E-state index in [0.717, 1.165) is 19.5 Å². The molecule has 0 heterocycles. The van der Waals surface area contributed by atoms with E-state index in [1.807, 2.05) is 27.7 Å². The van der Waals surface area contributed by atoms with Crippen LogP contribution in [0.5, 0.6) is 0 Å². The minimum absolute atomic E-state index is 0. The molecular formula is C13H28IN3O3. The smallest absolute Gasteiger partial charge is 0.328 e. The van der Waals surface area contributed by atoms with Crippen molar-refractivity contribution < 1.29 is 14.3 Å². The molecule has 0 atom stereocenters. The van der Waals surface area contributed by atoms with Gasteiger partial charge in [0.15, 0.2) is 5.96 Å². The Morgan fingerprint density at radius 1 is 1.25 bits per heavy atom. The monoisotopic (exact) mass is 401 g/mol. The van der Waals surface area contributed by atoms with Crippen molar-refractivity contribution in [2.45, 2.75) is 39.7 Å². The third kappa shape index (κ3) is 13.9. The van der Waals surface area contributed by atoms with E-state index in [4.69, 9.17) is 9.47 Å². The summed E-state index contributed by atoms with van der Waals surface area (Å²) in [6.07, 6.45) is 0.882. The van der Waals surface area contributed by atoms with Gasteiger partial charge in [-0.05, 0) is 34.1 Å². The Balaban J connectivity index is 0. The number of rotatable bonds is 7. The van der Waals surface area contributed by atoms with E-state index in [2.05, 4.69) is 15.6 Å². The molecule has 0 aliphatic rings. The fourth-order valence-electron chi connectivity index (χ4n) is 1.28. The summed E-state index contributed by atoms with van der Waals surface area (Å²) >= 11 is 0. The van der Waals surface area contributed by atoms with Crippen LogP contribution in [0.15, 0.2) is 4.99 Å². The molecule has 0 saturated carbocycles. The highest BCUT2D eigenvalue weighted by atomic mass is 127. The van der Waals surface area contributed by atoms with Crippen LogP contribution in [0.25, 0.3) is 0 Å². The first-order chi connectivity index (χ1) is 8.89. The maximum Gasteiger partial charge on any atom is 0.328 e. The van der Waals surface area contributed by atoms with Gasteiger partial charge in [-0.25, -0.2) is 4.99 Å². The van der Waals surface area contributed by atoms with Crippen molar-refractivity contribution in [1.29, 1.82) is 0 Å². The van der Waals surface area contributed by atoms with Crippen molar-refractivity contribution in [3.8, 4) is 0 Å². The zero-order chi connectivity index (χ0) is 14.7. The normalized spacial score (nSPS) is 11.6. The molecule has 0 aliphatic carbocycles. The molecule has 0 spiro atoms. The average Bonchev–Trinajstić information content (AvgIpc) is 2.29. The van der Waals surface area contributed by atoms with Crippen LogP contribution in [0.4, 0.5) is 0 Å². The second-order valence-electron chi connectivity index (χ2n) is 5.05. The van der Waals surface area contributed by atoms with Crippen molar-refractivity contribution in [2.24, 2.45) is 4.99 Å². The third-order valence-electron chi connectivity index (χ3n) is 1.95. The molecule has 20 heavy (non-hydrogen) atoms. The second kappa shape index (κ2) is 12.2. The molecule has 0 unspecified atom stereocenters. The Labute approximate surface area is 139 Å². The Hall–Kier alpha value is -0.570. The Morgan fingerprint density at radius 3 is 2.40 bits per heavy atom. The maximum atomic E-state index is 11.5. The highest BCUT2D eigenvalue weighted by Crippen LogP contribution is 2.06. The lowest BCUT2D eigenvalue weighted by atomic mass is 10.2. The zero-order valence-electron chi connectivity index (χ0n) is 13.1. The molecule has 0 fully saturated rings. The zero-order valence-corrected chi connectivity index (χ0v) is 15.4. The summed E-state index contributed by atoms with van der Waals surface area (Å²) in [5.41, 5.74) is -0.475. The van der Waals surface area contributed by atoms with Crippen molar-refractivity contribution in [2.75, 3.05) is 33.4 Å². The number of hydrogen-bond acceptors (Lipinski definition) is 4. The van der Waals surface area contributed by atoms with Gasteiger partial charge in [0.25, 0.3) is 0 Å². The molecule has 0 aliphatic heterocycles. The molecule has 0 radical (unpaired) electrons. The van der Waals surface area contributed by atoms with Gasteiger partial charge in [-0.15, -0.1) is 24.0 Å². The van der Waals surface area contributed by atoms with E-state index in [-0.39, 0.29) is 36.5 Å². The quantitative estimate of drug-likeness (QED) is 0.223. The molecular weight excluding hydrogens is 373 g/mol. The van der Waals surface area contributed by atoms with Gasteiger partial charge in [0.1, 0.15) is 12.1 Å². The number of hydrogen-bond donors (Lipinski definition) is 2. The van der Waals surface area contributed by atoms with E-state index < -0.39 is 5.60 Å². The predicted octanol–water partition coefficient (Wildman–Crippen LogP) is 1.54. The number of nitrogens with zero attached hydrogens (tertiary/aromatic N) is 1. The van der Waals surface area contributed by atoms with Crippen LogP contribution in [0, 0.1) is 0 Å². The van der Waals surface area contributed by atoms with E-state index in [0.29, 0.717) is 12.6 Å². The fourth-order valence-corrected chi connectivity index (χ4v) is 1.28. The number of halogens is 1. The van der Waals surface area contributed by atoms with Crippen molar-refractivity contribution in [3.05, 3.63) is 0 Å². The Kier molecular flexibility index (Phi) is 13.2. The van der Waals surface area contributed by atoms with Crippen LogP contribution in [0.1, 0.15) is 34.1 Å². The number of carbonyl (C=O) groups is 1. The van der Waals surface area contributed by atoms with E-state index in [9.17, 15) is 4.79 Å². The second-order valence-corrected chi connectivity index (χ2v) is 5.05. The summed E-state index contributed by atoms with van der Waals surface area (Å²) < 4.78 is 10.1. The van der Waals surface area contributed by atoms with Crippen molar-refractivity contribution in [1.82, 2.24) is 10.6 Å². The van der Waals surface area contributed by atoms with Gasteiger partial charge in [0.05, 0.1) is 0 Å². The van der Waals surface area contributed by atoms with E-state index >= 15 is 0 Å². The largest absolute Gasteiger partial charge is 0.459 e. The summed E-state index contributed by atoms with van der Waals surface area (Å²) in [4.78, 5) is 15.7. The standard InChI is InChI=1S/C13H27N3O3.HI/c1-6-14-12(15-8-7-9-18-5)16-10-11(17)19-13(2,3)4;/h6-10H2,1-5H3,(H2,14,15,16);1H. The first-order valence-corrected chi connectivity index (χ1v) is 6.62. The molecule has 120 valence electrons. The Bertz CT molecular complexity index is 291.